The minimum Gasteiger partial charge on any atom is -0.396 e. The normalized spacial score (nSPS) is 18.8. The molecule has 1 aliphatic heterocycles. The van der Waals surface area contributed by atoms with E-state index in [1.807, 2.05) is 6.92 Å². The molecule has 2 heterocycles. The summed E-state index contributed by atoms with van der Waals surface area (Å²) in [7, 11) is 0. The van der Waals surface area contributed by atoms with Crippen molar-refractivity contribution >= 4 is 17.5 Å². The SMILES string of the molecule is Cc1nn(CC(=O)N2CCCC2C(N)=O)c(C)c1N. The zero-order valence-electron chi connectivity index (χ0n) is 11.2. The molecule has 0 spiro atoms. The summed E-state index contributed by atoms with van der Waals surface area (Å²) in [6.45, 7) is 4.28. The Balaban J connectivity index is 2.12. The first-order valence-corrected chi connectivity index (χ1v) is 6.30. The standard InChI is InChI=1S/C12H19N5O2/c1-7-11(13)8(2)17(15-7)6-10(18)16-5-3-4-9(16)12(14)19/h9H,3-6,13H2,1-2H3,(H2,14,19). The first kappa shape index (κ1) is 13.4. The number of hydrogen-bond acceptors (Lipinski definition) is 4. The minimum atomic E-state index is -0.484. The lowest BCUT2D eigenvalue weighted by molar-refractivity contribution is -0.137. The largest absolute Gasteiger partial charge is 0.396 e. The molecule has 4 N–H and O–H groups in total. The van der Waals surface area contributed by atoms with Gasteiger partial charge in [-0.05, 0) is 26.7 Å². The maximum absolute atomic E-state index is 12.2. The van der Waals surface area contributed by atoms with Crippen molar-refractivity contribution in [2.24, 2.45) is 5.73 Å². The van der Waals surface area contributed by atoms with Crippen LogP contribution in [-0.2, 0) is 16.1 Å². The molecule has 7 nitrogen and oxygen atoms in total. The number of aromatic nitrogens is 2. The van der Waals surface area contributed by atoms with Gasteiger partial charge in [-0.25, -0.2) is 0 Å². The first-order valence-electron chi connectivity index (χ1n) is 6.30. The lowest BCUT2D eigenvalue weighted by Crippen LogP contribution is -2.45. The van der Waals surface area contributed by atoms with Gasteiger partial charge in [0, 0.05) is 6.54 Å². The van der Waals surface area contributed by atoms with Crippen molar-refractivity contribution in [2.45, 2.75) is 39.3 Å². The van der Waals surface area contributed by atoms with Crippen LogP contribution in [0.5, 0.6) is 0 Å². The number of hydrogen-bond donors (Lipinski definition) is 2. The summed E-state index contributed by atoms with van der Waals surface area (Å²) in [5, 5.41) is 4.22. The summed E-state index contributed by atoms with van der Waals surface area (Å²) < 4.78 is 1.57. The van der Waals surface area contributed by atoms with Crippen LogP contribution in [0.4, 0.5) is 5.69 Å². The first-order chi connectivity index (χ1) is 8.91. The Bertz CT molecular complexity index is 522. The van der Waals surface area contributed by atoms with Gasteiger partial charge in [-0.3, -0.25) is 14.3 Å². The van der Waals surface area contributed by atoms with Gasteiger partial charge in [0.1, 0.15) is 12.6 Å². The number of amides is 2. The van der Waals surface area contributed by atoms with E-state index in [2.05, 4.69) is 5.10 Å². The lowest BCUT2D eigenvalue weighted by atomic mass is 10.2. The predicted molar refractivity (Wildman–Crippen MR) is 70.0 cm³/mol. The topological polar surface area (TPSA) is 107 Å². The Kier molecular flexibility index (Phi) is 3.46. The monoisotopic (exact) mass is 265 g/mol. The average Bonchev–Trinajstić information content (AvgIpc) is 2.92. The highest BCUT2D eigenvalue weighted by Crippen LogP contribution is 2.19. The Morgan fingerprint density at radius 1 is 1.42 bits per heavy atom. The molecule has 1 aliphatic rings. The van der Waals surface area contributed by atoms with Gasteiger partial charge in [-0.2, -0.15) is 5.10 Å². The van der Waals surface area contributed by atoms with Gasteiger partial charge in [0.05, 0.1) is 17.1 Å². The van der Waals surface area contributed by atoms with Crippen LogP contribution in [0.1, 0.15) is 24.2 Å². The number of nitrogens with zero attached hydrogens (tertiary/aromatic N) is 3. The lowest BCUT2D eigenvalue weighted by Gasteiger charge is -2.22. The summed E-state index contributed by atoms with van der Waals surface area (Å²) in [6.07, 6.45) is 1.44. The van der Waals surface area contributed by atoms with E-state index >= 15 is 0 Å². The molecule has 1 saturated heterocycles. The Hall–Kier alpha value is -2.05. The molecule has 1 atom stereocenters. The van der Waals surface area contributed by atoms with E-state index in [0.29, 0.717) is 24.3 Å². The van der Waals surface area contributed by atoms with Crippen LogP contribution in [0.15, 0.2) is 0 Å². The van der Waals surface area contributed by atoms with Gasteiger partial charge in [-0.15, -0.1) is 0 Å². The summed E-state index contributed by atoms with van der Waals surface area (Å²) in [5.74, 6) is -0.592. The van der Waals surface area contributed by atoms with Crippen molar-refractivity contribution in [2.75, 3.05) is 12.3 Å². The number of carbonyl (C=O) groups excluding carboxylic acids is 2. The second-order valence-corrected chi connectivity index (χ2v) is 4.89. The zero-order chi connectivity index (χ0) is 14.2. The fraction of sp³-hybridized carbons (Fsp3) is 0.583. The summed E-state index contributed by atoms with van der Waals surface area (Å²) in [6, 6.07) is -0.484. The molecule has 0 aromatic carbocycles. The molecule has 1 fully saturated rings. The van der Waals surface area contributed by atoms with Crippen LogP contribution in [0.2, 0.25) is 0 Å². The van der Waals surface area contributed by atoms with Crippen LogP contribution in [0, 0.1) is 13.8 Å². The van der Waals surface area contributed by atoms with E-state index < -0.39 is 11.9 Å². The number of rotatable bonds is 3. The molecule has 1 aromatic rings. The van der Waals surface area contributed by atoms with Crippen molar-refractivity contribution in [1.82, 2.24) is 14.7 Å². The van der Waals surface area contributed by atoms with Gasteiger partial charge in [-0.1, -0.05) is 0 Å². The molecule has 0 radical (unpaired) electrons. The Morgan fingerprint density at radius 2 is 2.11 bits per heavy atom. The molecule has 19 heavy (non-hydrogen) atoms. The number of nitrogens with two attached hydrogens (primary N) is 2. The Labute approximate surface area is 111 Å². The molecule has 2 amide bonds. The third kappa shape index (κ3) is 2.40. The van der Waals surface area contributed by atoms with Gasteiger partial charge >= 0.3 is 0 Å². The summed E-state index contributed by atoms with van der Waals surface area (Å²) in [4.78, 5) is 25.0. The van der Waals surface area contributed by atoms with Crippen molar-refractivity contribution in [3.63, 3.8) is 0 Å². The average molecular weight is 265 g/mol. The van der Waals surface area contributed by atoms with Crippen LogP contribution in [0.25, 0.3) is 0 Å². The second kappa shape index (κ2) is 4.91. The van der Waals surface area contributed by atoms with E-state index in [1.165, 1.54) is 4.90 Å². The highest BCUT2D eigenvalue weighted by Gasteiger charge is 2.32. The molecule has 104 valence electrons. The minimum absolute atomic E-state index is 0.0909. The van der Waals surface area contributed by atoms with Crippen LogP contribution in [0.3, 0.4) is 0 Å². The molecular weight excluding hydrogens is 246 g/mol. The predicted octanol–water partition coefficient (Wildman–Crippen LogP) is -0.442. The van der Waals surface area contributed by atoms with Crippen molar-refractivity contribution in [1.29, 1.82) is 0 Å². The second-order valence-electron chi connectivity index (χ2n) is 4.89. The van der Waals surface area contributed by atoms with E-state index in [1.54, 1.807) is 11.6 Å². The molecule has 0 aliphatic carbocycles. The van der Waals surface area contributed by atoms with Crippen LogP contribution >= 0.6 is 0 Å². The smallest absolute Gasteiger partial charge is 0.244 e. The quantitative estimate of drug-likeness (QED) is 0.772. The van der Waals surface area contributed by atoms with E-state index in [-0.39, 0.29) is 12.5 Å². The summed E-state index contributed by atoms with van der Waals surface area (Å²) in [5.41, 5.74) is 13.2. The maximum atomic E-state index is 12.2. The van der Waals surface area contributed by atoms with Gasteiger partial charge in [0.25, 0.3) is 0 Å². The molecule has 2 rings (SSSR count). The number of carbonyl (C=O) groups is 2. The number of likely N-dealkylation sites (tertiary alicyclic amines) is 1. The van der Waals surface area contributed by atoms with Crippen LogP contribution < -0.4 is 11.5 Å². The number of aryl methyl sites for hydroxylation is 1. The van der Waals surface area contributed by atoms with E-state index in [0.717, 1.165) is 12.1 Å². The Morgan fingerprint density at radius 3 is 2.63 bits per heavy atom. The third-order valence-corrected chi connectivity index (χ3v) is 3.62. The fourth-order valence-electron chi connectivity index (χ4n) is 2.44. The highest BCUT2D eigenvalue weighted by molar-refractivity contribution is 5.87. The van der Waals surface area contributed by atoms with Gasteiger partial charge < -0.3 is 16.4 Å². The third-order valence-electron chi connectivity index (χ3n) is 3.62. The number of nitrogen functional groups attached to an aromatic ring is 1. The summed E-state index contributed by atoms with van der Waals surface area (Å²) >= 11 is 0. The molecule has 0 saturated carbocycles. The van der Waals surface area contributed by atoms with Crippen LogP contribution in [-0.4, -0.2) is 39.1 Å². The van der Waals surface area contributed by atoms with Crippen molar-refractivity contribution in [3.8, 4) is 0 Å². The number of primary amides is 1. The number of anilines is 1. The molecule has 7 heteroatoms. The van der Waals surface area contributed by atoms with E-state index in [4.69, 9.17) is 11.5 Å². The molecular formula is C12H19N5O2. The highest BCUT2D eigenvalue weighted by atomic mass is 16.2. The van der Waals surface area contributed by atoms with Gasteiger partial charge in [0.15, 0.2) is 0 Å². The van der Waals surface area contributed by atoms with Crippen molar-refractivity contribution in [3.05, 3.63) is 11.4 Å². The zero-order valence-corrected chi connectivity index (χ0v) is 11.2. The molecule has 1 aromatic heterocycles. The molecule has 1 unspecified atom stereocenters. The molecule has 0 bridgehead atoms. The van der Waals surface area contributed by atoms with E-state index in [9.17, 15) is 9.59 Å². The van der Waals surface area contributed by atoms with Gasteiger partial charge in [0.2, 0.25) is 11.8 Å². The maximum Gasteiger partial charge on any atom is 0.244 e. The fourth-order valence-corrected chi connectivity index (χ4v) is 2.44. The van der Waals surface area contributed by atoms with Crippen molar-refractivity contribution < 1.29 is 9.59 Å².